The Hall–Kier alpha value is -3.67. The number of hydrogen-bond acceptors (Lipinski definition) is 5. The van der Waals surface area contributed by atoms with Crippen LogP contribution < -0.4 is 9.47 Å². The second kappa shape index (κ2) is 9.53. The number of methoxy groups -OCH3 is 1. The van der Waals surface area contributed by atoms with Crippen molar-refractivity contribution in [1.82, 2.24) is 4.98 Å². The highest BCUT2D eigenvalue weighted by Crippen LogP contribution is 2.48. The molecule has 2 unspecified atom stereocenters. The molecule has 180 valence electrons. The zero-order valence-electron chi connectivity index (χ0n) is 19.9. The van der Waals surface area contributed by atoms with Crippen molar-refractivity contribution >= 4 is 12.3 Å². The Labute approximate surface area is 204 Å². The Balaban J connectivity index is 1.42. The van der Waals surface area contributed by atoms with Crippen LogP contribution in [0.5, 0.6) is 11.6 Å². The molecule has 0 saturated heterocycles. The Kier molecular flexibility index (Phi) is 6.29. The van der Waals surface area contributed by atoms with Crippen LogP contribution in [-0.4, -0.2) is 29.5 Å². The SMILES string of the molecule is COc1cc(-c2ccc([C@@H]3CCc4ccc(C(C5CC5)C(C)C(=O)O)cc4O3)cc2C=O)ccn1. The van der Waals surface area contributed by atoms with E-state index in [1.54, 1.807) is 20.2 Å². The third-order valence-electron chi connectivity index (χ3n) is 7.31. The molecule has 2 aromatic carbocycles. The van der Waals surface area contributed by atoms with Crippen LogP contribution in [0, 0.1) is 11.8 Å². The van der Waals surface area contributed by atoms with E-state index in [2.05, 4.69) is 17.1 Å². The van der Waals surface area contributed by atoms with Crippen LogP contribution in [0.3, 0.4) is 0 Å². The van der Waals surface area contributed by atoms with Crippen molar-refractivity contribution in [2.45, 2.75) is 44.6 Å². The topological polar surface area (TPSA) is 85.7 Å². The predicted octanol–water partition coefficient (Wildman–Crippen LogP) is 5.85. The molecular formula is C29H29NO5. The van der Waals surface area contributed by atoms with Crippen LogP contribution in [0.15, 0.2) is 54.7 Å². The van der Waals surface area contributed by atoms with Gasteiger partial charge in [0.2, 0.25) is 5.88 Å². The predicted molar refractivity (Wildman–Crippen MR) is 132 cm³/mol. The van der Waals surface area contributed by atoms with Gasteiger partial charge in [-0.25, -0.2) is 4.98 Å². The third kappa shape index (κ3) is 4.65. The standard InChI is InChI=1S/C29H29NO5/c1-17(29(32)33)28(19-4-5-19)22-6-3-18-8-10-25(35-26(18)14-22)21-7-9-24(23(13-21)16-31)20-11-12-30-27(15-20)34-2/h3,6-7,9,11-17,19,25,28H,4-5,8,10H2,1-2H3,(H,32,33)/t17?,25-,28?/m0/s1. The fourth-order valence-electron chi connectivity index (χ4n) is 5.24. The molecule has 2 heterocycles. The van der Waals surface area contributed by atoms with Gasteiger partial charge >= 0.3 is 5.97 Å². The van der Waals surface area contributed by atoms with Crippen LogP contribution >= 0.6 is 0 Å². The summed E-state index contributed by atoms with van der Waals surface area (Å²) in [7, 11) is 1.56. The Morgan fingerprint density at radius 3 is 2.69 bits per heavy atom. The number of nitrogens with zero attached hydrogens (tertiary/aromatic N) is 1. The molecule has 0 radical (unpaired) electrons. The number of fused-ring (bicyclic) bond motifs is 1. The Bertz CT molecular complexity index is 1270. The number of carboxylic acids is 1. The molecule has 0 spiro atoms. The molecule has 3 aromatic rings. The molecule has 1 saturated carbocycles. The number of carbonyl (C=O) groups is 2. The second-order valence-corrected chi connectivity index (χ2v) is 9.55. The summed E-state index contributed by atoms with van der Waals surface area (Å²) >= 11 is 0. The summed E-state index contributed by atoms with van der Waals surface area (Å²) < 4.78 is 11.7. The number of hydrogen-bond donors (Lipinski definition) is 1. The molecule has 1 fully saturated rings. The average Bonchev–Trinajstić information content (AvgIpc) is 3.73. The van der Waals surface area contributed by atoms with Crippen LogP contribution in [0.4, 0.5) is 0 Å². The van der Waals surface area contributed by atoms with Crippen molar-refractivity contribution in [2.24, 2.45) is 11.8 Å². The summed E-state index contributed by atoms with van der Waals surface area (Å²) in [6.45, 7) is 1.80. The van der Waals surface area contributed by atoms with E-state index >= 15 is 0 Å². The number of rotatable bonds is 8. The average molecular weight is 472 g/mol. The second-order valence-electron chi connectivity index (χ2n) is 9.55. The lowest BCUT2D eigenvalue weighted by Crippen LogP contribution is -2.21. The van der Waals surface area contributed by atoms with Crippen molar-refractivity contribution in [3.05, 3.63) is 77.0 Å². The first-order valence-corrected chi connectivity index (χ1v) is 12.1. The Morgan fingerprint density at radius 1 is 1.14 bits per heavy atom. The van der Waals surface area contributed by atoms with Crippen molar-refractivity contribution in [2.75, 3.05) is 7.11 Å². The molecule has 3 atom stereocenters. The number of aliphatic carboxylic acids is 1. The van der Waals surface area contributed by atoms with E-state index < -0.39 is 11.9 Å². The first-order chi connectivity index (χ1) is 17.0. The molecular weight excluding hydrogens is 442 g/mol. The van der Waals surface area contributed by atoms with E-state index in [-0.39, 0.29) is 12.0 Å². The third-order valence-corrected chi connectivity index (χ3v) is 7.31. The lowest BCUT2D eigenvalue weighted by Gasteiger charge is -2.29. The number of aromatic nitrogens is 1. The van der Waals surface area contributed by atoms with Crippen LogP contribution in [0.25, 0.3) is 11.1 Å². The maximum atomic E-state index is 12.0. The van der Waals surface area contributed by atoms with Crippen LogP contribution in [0.2, 0.25) is 0 Å². The van der Waals surface area contributed by atoms with Gasteiger partial charge in [0.05, 0.1) is 13.0 Å². The monoisotopic (exact) mass is 471 g/mol. The molecule has 0 amide bonds. The summed E-state index contributed by atoms with van der Waals surface area (Å²) in [4.78, 5) is 27.8. The minimum Gasteiger partial charge on any atom is -0.485 e. The largest absolute Gasteiger partial charge is 0.485 e. The van der Waals surface area contributed by atoms with Crippen molar-refractivity contribution < 1.29 is 24.2 Å². The van der Waals surface area contributed by atoms with Gasteiger partial charge in [-0.2, -0.15) is 0 Å². The summed E-state index contributed by atoms with van der Waals surface area (Å²) in [5.41, 5.74) is 5.39. The Morgan fingerprint density at radius 2 is 1.97 bits per heavy atom. The van der Waals surface area contributed by atoms with E-state index in [9.17, 15) is 14.7 Å². The quantitative estimate of drug-likeness (QED) is 0.415. The highest BCUT2D eigenvalue weighted by atomic mass is 16.5. The smallest absolute Gasteiger partial charge is 0.306 e. The highest BCUT2D eigenvalue weighted by molar-refractivity contribution is 5.88. The fourth-order valence-corrected chi connectivity index (χ4v) is 5.24. The van der Waals surface area contributed by atoms with Crippen molar-refractivity contribution in [3.63, 3.8) is 0 Å². The summed E-state index contributed by atoms with van der Waals surface area (Å²) in [6.07, 6.45) is 6.19. The minimum atomic E-state index is -0.758. The van der Waals surface area contributed by atoms with Gasteiger partial charge in [0.25, 0.3) is 0 Å². The van der Waals surface area contributed by atoms with E-state index in [0.29, 0.717) is 17.4 Å². The molecule has 6 nitrogen and oxygen atoms in total. The van der Waals surface area contributed by atoms with Gasteiger partial charge in [0, 0.05) is 17.8 Å². The lowest BCUT2D eigenvalue weighted by atomic mass is 9.82. The molecule has 2 aliphatic rings. The number of ether oxygens (including phenoxy) is 2. The molecule has 1 aliphatic heterocycles. The van der Waals surface area contributed by atoms with E-state index in [1.807, 2.05) is 36.4 Å². The molecule has 1 aromatic heterocycles. The first-order valence-electron chi connectivity index (χ1n) is 12.1. The maximum Gasteiger partial charge on any atom is 0.306 e. The zero-order valence-corrected chi connectivity index (χ0v) is 19.9. The summed E-state index contributed by atoms with van der Waals surface area (Å²) in [5.74, 6) is 0.542. The van der Waals surface area contributed by atoms with Gasteiger partial charge in [-0.3, -0.25) is 9.59 Å². The number of aryl methyl sites for hydroxylation is 1. The molecule has 0 bridgehead atoms. The van der Waals surface area contributed by atoms with Gasteiger partial charge in [-0.15, -0.1) is 0 Å². The highest BCUT2D eigenvalue weighted by Gasteiger charge is 2.39. The van der Waals surface area contributed by atoms with Gasteiger partial charge in [-0.05, 0) is 83.5 Å². The molecule has 5 rings (SSSR count). The normalized spacial score (nSPS) is 18.6. The fraction of sp³-hybridized carbons (Fsp3) is 0.345. The molecule has 35 heavy (non-hydrogen) atoms. The van der Waals surface area contributed by atoms with Gasteiger partial charge in [0.1, 0.15) is 11.9 Å². The van der Waals surface area contributed by atoms with Gasteiger partial charge in [-0.1, -0.05) is 31.2 Å². The molecule has 6 heteroatoms. The lowest BCUT2D eigenvalue weighted by molar-refractivity contribution is -0.142. The maximum absolute atomic E-state index is 12.0. The van der Waals surface area contributed by atoms with Crippen LogP contribution in [0.1, 0.15) is 65.3 Å². The number of carbonyl (C=O) groups excluding carboxylic acids is 1. The number of pyridine rings is 1. The van der Waals surface area contributed by atoms with E-state index in [4.69, 9.17) is 9.47 Å². The summed E-state index contributed by atoms with van der Waals surface area (Å²) in [5, 5.41) is 9.63. The number of aldehydes is 1. The molecule has 1 N–H and O–H groups in total. The summed E-state index contributed by atoms with van der Waals surface area (Å²) in [6, 6.07) is 15.7. The van der Waals surface area contributed by atoms with Gasteiger partial charge in [0.15, 0.2) is 6.29 Å². The minimum absolute atomic E-state index is 0.0000737. The van der Waals surface area contributed by atoms with Crippen molar-refractivity contribution in [1.29, 1.82) is 0 Å². The number of carboxylic acid groups (broad SMARTS) is 1. The number of benzene rings is 2. The van der Waals surface area contributed by atoms with Gasteiger partial charge < -0.3 is 14.6 Å². The zero-order chi connectivity index (χ0) is 24.5. The van der Waals surface area contributed by atoms with E-state index in [0.717, 1.165) is 65.5 Å². The molecule has 1 aliphatic carbocycles. The van der Waals surface area contributed by atoms with E-state index in [1.165, 1.54) is 0 Å². The van der Waals surface area contributed by atoms with Crippen LogP contribution in [-0.2, 0) is 11.2 Å². The van der Waals surface area contributed by atoms with Crippen molar-refractivity contribution in [3.8, 4) is 22.8 Å². The first kappa shape index (κ1) is 23.1.